The molecule has 3 heterocycles. The van der Waals surface area contributed by atoms with E-state index in [4.69, 9.17) is 9.26 Å². The number of aryl methyl sites for hydroxylation is 1. The Morgan fingerprint density at radius 1 is 1.39 bits per heavy atom. The Morgan fingerprint density at radius 2 is 2.11 bits per heavy atom. The molecule has 0 bridgehead atoms. The average molecular weight is 392 g/mol. The third-order valence-electron chi connectivity index (χ3n) is 5.81. The molecule has 3 amide bonds. The van der Waals surface area contributed by atoms with Crippen LogP contribution in [0.2, 0.25) is 0 Å². The summed E-state index contributed by atoms with van der Waals surface area (Å²) in [4.78, 5) is 41.2. The number of hydrogen-bond donors (Lipinski definition) is 1. The Morgan fingerprint density at radius 3 is 2.71 bits per heavy atom. The molecule has 1 atom stereocenters. The second-order valence-electron chi connectivity index (χ2n) is 7.67. The lowest BCUT2D eigenvalue weighted by Crippen LogP contribution is -2.46. The Bertz CT molecular complexity index is 738. The smallest absolute Gasteiger partial charge is 0.276 e. The van der Waals surface area contributed by atoms with Crippen LogP contribution in [0.4, 0.5) is 0 Å². The average Bonchev–Trinajstić information content (AvgIpc) is 3.23. The number of nitrogens with zero attached hydrogens (tertiary/aromatic N) is 3. The van der Waals surface area contributed by atoms with Crippen molar-refractivity contribution in [2.24, 2.45) is 5.41 Å². The van der Waals surface area contributed by atoms with Crippen molar-refractivity contribution < 1.29 is 23.6 Å². The number of rotatable bonds is 6. The molecule has 3 rings (SSSR count). The summed E-state index contributed by atoms with van der Waals surface area (Å²) in [6, 6.07) is 1.15. The van der Waals surface area contributed by atoms with E-state index in [1.54, 1.807) is 36.9 Å². The van der Waals surface area contributed by atoms with Gasteiger partial charge in [0, 0.05) is 46.5 Å². The van der Waals surface area contributed by atoms with Crippen LogP contribution in [0.1, 0.15) is 41.9 Å². The molecule has 0 aromatic carbocycles. The van der Waals surface area contributed by atoms with Gasteiger partial charge in [-0.2, -0.15) is 0 Å². The molecule has 1 spiro atoms. The van der Waals surface area contributed by atoms with Crippen LogP contribution in [0.25, 0.3) is 0 Å². The molecule has 0 aliphatic carbocycles. The first-order valence-corrected chi connectivity index (χ1v) is 9.64. The molecule has 9 heteroatoms. The minimum absolute atomic E-state index is 0.00563. The summed E-state index contributed by atoms with van der Waals surface area (Å²) in [6.45, 7) is 3.78. The number of nitrogens with one attached hydrogen (secondary N) is 1. The van der Waals surface area contributed by atoms with E-state index in [1.807, 2.05) is 0 Å². The summed E-state index contributed by atoms with van der Waals surface area (Å²) in [5.74, 6) is 0.274. The van der Waals surface area contributed by atoms with Gasteiger partial charge in [0.15, 0.2) is 5.69 Å². The van der Waals surface area contributed by atoms with Crippen molar-refractivity contribution in [3.8, 4) is 0 Å². The van der Waals surface area contributed by atoms with Crippen molar-refractivity contribution in [1.82, 2.24) is 20.3 Å². The molecule has 2 aliphatic rings. The molecule has 0 radical (unpaired) electrons. The van der Waals surface area contributed by atoms with Crippen LogP contribution in [0.3, 0.4) is 0 Å². The molecule has 2 aliphatic heterocycles. The maximum absolute atomic E-state index is 12.9. The predicted molar refractivity (Wildman–Crippen MR) is 99.5 cm³/mol. The Hall–Kier alpha value is -2.42. The fourth-order valence-corrected chi connectivity index (χ4v) is 4.11. The van der Waals surface area contributed by atoms with Gasteiger partial charge < -0.3 is 24.4 Å². The minimum atomic E-state index is -0.570. The fourth-order valence-electron chi connectivity index (χ4n) is 4.11. The number of likely N-dealkylation sites (tertiary alicyclic amines) is 2. The van der Waals surface area contributed by atoms with E-state index >= 15 is 0 Å². The van der Waals surface area contributed by atoms with Gasteiger partial charge >= 0.3 is 0 Å². The molecule has 28 heavy (non-hydrogen) atoms. The van der Waals surface area contributed by atoms with E-state index in [-0.39, 0.29) is 23.4 Å². The molecule has 1 unspecified atom stereocenters. The molecule has 2 saturated heterocycles. The van der Waals surface area contributed by atoms with E-state index in [9.17, 15) is 14.4 Å². The highest BCUT2D eigenvalue weighted by atomic mass is 16.5. The fraction of sp³-hybridized carbons (Fsp3) is 0.684. The van der Waals surface area contributed by atoms with Crippen LogP contribution < -0.4 is 5.32 Å². The van der Waals surface area contributed by atoms with Crippen molar-refractivity contribution in [2.45, 2.75) is 38.6 Å². The largest absolute Gasteiger partial charge is 0.385 e. The van der Waals surface area contributed by atoms with Gasteiger partial charge in [0.1, 0.15) is 11.8 Å². The van der Waals surface area contributed by atoms with Gasteiger partial charge in [-0.05, 0) is 32.6 Å². The molecule has 9 nitrogen and oxygen atoms in total. The quantitative estimate of drug-likeness (QED) is 0.711. The van der Waals surface area contributed by atoms with Crippen LogP contribution in [-0.4, -0.2) is 79.1 Å². The van der Waals surface area contributed by atoms with E-state index in [2.05, 4.69) is 10.5 Å². The molecule has 154 valence electrons. The highest BCUT2D eigenvalue weighted by molar-refractivity contribution is 5.95. The van der Waals surface area contributed by atoms with E-state index in [0.717, 1.165) is 6.42 Å². The van der Waals surface area contributed by atoms with Crippen LogP contribution in [0.5, 0.6) is 0 Å². The first kappa shape index (κ1) is 20.3. The van der Waals surface area contributed by atoms with Crippen LogP contribution >= 0.6 is 0 Å². The number of likely N-dealkylation sites (N-methyl/N-ethyl adjacent to an activating group) is 1. The third kappa shape index (κ3) is 3.89. The topological polar surface area (TPSA) is 105 Å². The summed E-state index contributed by atoms with van der Waals surface area (Å²) in [6.07, 6.45) is 2.32. The summed E-state index contributed by atoms with van der Waals surface area (Å²) in [5.41, 5.74) is -0.281. The number of methoxy groups -OCH3 is 1. The molecule has 0 saturated carbocycles. The first-order chi connectivity index (χ1) is 13.4. The zero-order valence-corrected chi connectivity index (χ0v) is 16.7. The molecule has 1 N–H and O–H groups in total. The van der Waals surface area contributed by atoms with Gasteiger partial charge in [-0.3, -0.25) is 14.4 Å². The van der Waals surface area contributed by atoms with Gasteiger partial charge in [-0.15, -0.1) is 0 Å². The lowest BCUT2D eigenvalue weighted by Gasteiger charge is -2.37. The van der Waals surface area contributed by atoms with Gasteiger partial charge in [0.25, 0.3) is 5.91 Å². The summed E-state index contributed by atoms with van der Waals surface area (Å²) >= 11 is 0. The maximum atomic E-state index is 12.9. The van der Waals surface area contributed by atoms with Gasteiger partial charge in [-0.1, -0.05) is 5.16 Å². The van der Waals surface area contributed by atoms with E-state index in [1.165, 1.54) is 0 Å². The number of piperidine rings is 1. The number of carbonyl (C=O) groups excluding carboxylic acids is 3. The second-order valence-corrected chi connectivity index (χ2v) is 7.67. The van der Waals surface area contributed by atoms with E-state index < -0.39 is 11.5 Å². The van der Waals surface area contributed by atoms with Crippen molar-refractivity contribution in [3.05, 3.63) is 17.5 Å². The maximum Gasteiger partial charge on any atom is 0.276 e. The summed E-state index contributed by atoms with van der Waals surface area (Å²) in [7, 11) is 3.31. The number of carbonyl (C=O) groups is 3. The Kier molecular flexibility index (Phi) is 6.02. The Balaban J connectivity index is 1.59. The molecule has 2 fully saturated rings. The highest BCUT2D eigenvalue weighted by Gasteiger charge is 2.53. The molecule has 1 aromatic heterocycles. The van der Waals surface area contributed by atoms with Gasteiger partial charge in [0.2, 0.25) is 11.8 Å². The SMILES string of the molecule is COCCCNC(=O)C1CC2(CCN(C(=O)c3cc(C)on3)CC2)C(=O)N1C. The second kappa shape index (κ2) is 8.30. The molecular formula is C19H28N4O5. The summed E-state index contributed by atoms with van der Waals surface area (Å²) in [5, 5.41) is 6.67. The lowest BCUT2D eigenvalue weighted by atomic mass is 9.76. The van der Waals surface area contributed by atoms with Crippen LogP contribution in [0.15, 0.2) is 10.6 Å². The summed E-state index contributed by atoms with van der Waals surface area (Å²) < 4.78 is 9.96. The van der Waals surface area contributed by atoms with Crippen LogP contribution in [0, 0.1) is 12.3 Å². The highest BCUT2D eigenvalue weighted by Crippen LogP contribution is 2.44. The monoisotopic (exact) mass is 392 g/mol. The standard InChI is InChI=1S/C19H28N4O5/c1-13-11-14(21-28-13)17(25)23-8-5-19(6-9-23)12-15(22(2)18(19)26)16(24)20-7-4-10-27-3/h11,15H,4-10,12H2,1-3H3,(H,20,24). The van der Waals surface area contributed by atoms with Crippen molar-refractivity contribution >= 4 is 17.7 Å². The first-order valence-electron chi connectivity index (χ1n) is 9.64. The third-order valence-corrected chi connectivity index (χ3v) is 5.81. The lowest BCUT2D eigenvalue weighted by molar-refractivity contribution is -0.139. The number of aromatic nitrogens is 1. The van der Waals surface area contributed by atoms with Gasteiger partial charge in [0.05, 0.1) is 5.41 Å². The van der Waals surface area contributed by atoms with Crippen molar-refractivity contribution in [1.29, 1.82) is 0 Å². The minimum Gasteiger partial charge on any atom is -0.385 e. The number of ether oxygens (including phenoxy) is 1. The number of hydrogen-bond acceptors (Lipinski definition) is 6. The predicted octanol–water partition coefficient (Wildman–Crippen LogP) is 0.589. The number of amides is 3. The normalized spacial score (nSPS) is 21.4. The van der Waals surface area contributed by atoms with E-state index in [0.29, 0.717) is 51.3 Å². The zero-order valence-electron chi connectivity index (χ0n) is 16.7. The van der Waals surface area contributed by atoms with Crippen molar-refractivity contribution in [3.63, 3.8) is 0 Å². The van der Waals surface area contributed by atoms with Gasteiger partial charge in [-0.25, -0.2) is 0 Å². The van der Waals surface area contributed by atoms with Crippen LogP contribution in [-0.2, 0) is 14.3 Å². The Labute approximate surface area is 164 Å². The zero-order chi connectivity index (χ0) is 20.3. The van der Waals surface area contributed by atoms with Crippen molar-refractivity contribution in [2.75, 3.05) is 40.4 Å². The molecule has 1 aromatic rings. The molecular weight excluding hydrogens is 364 g/mol.